The first-order valence-corrected chi connectivity index (χ1v) is 18.0. The summed E-state index contributed by atoms with van der Waals surface area (Å²) in [6.07, 6.45) is 2.14. The fourth-order valence-corrected chi connectivity index (χ4v) is 8.05. The molecule has 270 valence electrons. The summed E-state index contributed by atoms with van der Waals surface area (Å²) in [5.41, 5.74) is 0.499. The van der Waals surface area contributed by atoms with Crippen LogP contribution in [0.5, 0.6) is 0 Å². The second-order valence-electron chi connectivity index (χ2n) is 11.8. The van der Waals surface area contributed by atoms with E-state index in [1.165, 1.54) is 39.5 Å². The maximum absolute atomic E-state index is 14.3. The number of carbonyl (C=O) groups excluding carboxylic acids is 2. The van der Waals surface area contributed by atoms with Crippen molar-refractivity contribution in [3.05, 3.63) is 108 Å². The average Bonchev–Trinajstić information content (AvgIpc) is 3.10. The van der Waals surface area contributed by atoms with E-state index in [0.717, 1.165) is 19.3 Å². The summed E-state index contributed by atoms with van der Waals surface area (Å²) in [7, 11) is 1.67. The van der Waals surface area contributed by atoms with E-state index in [2.05, 4.69) is 20.9 Å². The molecule has 2 amide bonds. The molecule has 1 aromatic heterocycles. The predicted molar refractivity (Wildman–Crippen MR) is 196 cm³/mol. The van der Waals surface area contributed by atoms with Crippen LogP contribution < -0.4 is 33.0 Å². The van der Waals surface area contributed by atoms with Crippen molar-refractivity contribution in [2.75, 3.05) is 39.7 Å². The first-order valence-electron chi connectivity index (χ1n) is 16.2. The Kier molecular flexibility index (Phi) is 12.6. The molecule has 4 rings (SSSR count). The van der Waals surface area contributed by atoms with E-state index in [9.17, 15) is 24.0 Å². The number of rotatable bonds is 14. The van der Waals surface area contributed by atoms with Crippen LogP contribution in [0.15, 0.2) is 74.0 Å². The number of carbonyl (C=O) groups is 1. The molecule has 1 heterocycles. The second-order valence-corrected chi connectivity index (χ2v) is 15.0. The first-order chi connectivity index (χ1) is 24.4. The number of isocyanates is 1. The smallest absolute Gasteiger partial charge is 0.376 e. The maximum atomic E-state index is 14.3. The minimum Gasteiger partial charge on any atom is -0.376 e. The second kappa shape index (κ2) is 16.7. The monoisotopic (exact) mass is 717 g/mol. The lowest BCUT2D eigenvalue weighted by molar-refractivity contribution is 0.106. The summed E-state index contributed by atoms with van der Waals surface area (Å²) >= 11 is 0. The van der Waals surface area contributed by atoms with Gasteiger partial charge in [-0.25, -0.2) is 37.7 Å². The zero-order valence-electron chi connectivity index (χ0n) is 29.9. The van der Waals surface area contributed by atoms with Crippen molar-refractivity contribution < 1.29 is 22.9 Å². The topological polar surface area (TPSA) is 176 Å². The number of benzene rings is 3. The molecule has 0 fully saturated rings. The number of nitrogens with one attached hydrogen (secondary N) is 3. The van der Waals surface area contributed by atoms with Crippen LogP contribution in [0.4, 0.5) is 16.2 Å². The molecule has 0 spiro atoms. The Morgan fingerprint density at radius 2 is 1.27 bits per heavy atom. The Hall–Kier alpha value is -5.22. The number of nitrogens with zero attached hydrogens (tertiary/aromatic N) is 4. The number of aliphatic imine (C=N–C) groups is 1. The Bertz CT molecular complexity index is 2140. The van der Waals surface area contributed by atoms with Gasteiger partial charge in [0.25, 0.3) is 0 Å². The van der Waals surface area contributed by atoms with Crippen molar-refractivity contribution in [3.8, 4) is 17.1 Å². The van der Waals surface area contributed by atoms with Crippen molar-refractivity contribution in [3.63, 3.8) is 0 Å². The molecular formula is C35H43N7O8Si. The first kappa shape index (κ1) is 38.6. The highest BCUT2D eigenvalue weighted by molar-refractivity contribution is 6.62. The third-order valence-corrected chi connectivity index (χ3v) is 11.7. The molecule has 0 saturated carbocycles. The molecule has 0 aliphatic rings. The summed E-state index contributed by atoms with van der Waals surface area (Å²) < 4.78 is 19.4. The molecule has 0 aliphatic carbocycles. The highest BCUT2D eigenvalue weighted by atomic mass is 28.4. The van der Waals surface area contributed by atoms with Crippen LogP contribution in [0.1, 0.15) is 35.6 Å². The van der Waals surface area contributed by atoms with Gasteiger partial charge in [0.1, 0.15) is 0 Å². The number of hydrogen-bond donors (Lipinski definition) is 3. The standard InChI is InChI=1S/C35H43N7O8Si/c1-9-31(51(48-6,49-7)50-8)36-16-17-37-32(44)39-27-15-13-25(5)30(20-27)42-34(46)40(28-18-22(2)10-11-23(28)3)33(45)41(35(42)47)29-19-26(38-21-43)14-12-24(29)4/h10-15,18-20,31,36H,9,16-17H2,1-8H3,(H2,37,39,44). The molecule has 0 bridgehead atoms. The molecule has 16 heteroatoms. The quantitative estimate of drug-likeness (QED) is 0.0765. The van der Waals surface area contributed by atoms with Gasteiger partial charge in [-0.2, -0.15) is 4.99 Å². The van der Waals surface area contributed by atoms with Gasteiger partial charge in [0.2, 0.25) is 6.08 Å². The minimum absolute atomic E-state index is 0.126. The van der Waals surface area contributed by atoms with Crippen LogP contribution in [0.25, 0.3) is 17.1 Å². The van der Waals surface area contributed by atoms with Crippen LogP contribution >= 0.6 is 0 Å². The van der Waals surface area contributed by atoms with Crippen molar-refractivity contribution in [1.82, 2.24) is 24.3 Å². The summed E-state index contributed by atoms with van der Waals surface area (Å²) in [4.78, 5) is 70.4. The third kappa shape index (κ3) is 8.07. The van der Waals surface area contributed by atoms with Gasteiger partial charge >= 0.3 is 31.9 Å². The number of urea groups is 1. The lowest BCUT2D eigenvalue weighted by Crippen LogP contribution is -2.60. The Morgan fingerprint density at radius 3 is 1.80 bits per heavy atom. The molecule has 4 aromatic rings. The number of amides is 2. The zero-order chi connectivity index (χ0) is 37.5. The van der Waals surface area contributed by atoms with E-state index in [1.807, 2.05) is 19.9 Å². The summed E-state index contributed by atoms with van der Waals surface area (Å²) in [6.45, 7) is 9.58. The Balaban J connectivity index is 1.77. The van der Waals surface area contributed by atoms with E-state index in [0.29, 0.717) is 35.3 Å². The highest BCUT2D eigenvalue weighted by Crippen LogP contribution is 2.22. The number of hydrogen-bond acceptors (Lipinski definition) is 10. The normalized spacial score (nSPS) is 11.9. The number of anilines is 1. The van der Waals surface area contributed by atoms with Gasteiger partial charge in [0, 0.05) is 40.1 Å². The summed E-state index contributed by atoms with van der Waals surface area (Å²) in [5.74, 6) is 0. The Labute approximate surface area is 295 Å². The lowest BCUT2D eigenvalue weighted by Gasteiger charge is -2.32. The van der Waals surface area contributed by atoms with E-state index < -0.39 is 31.9 Å². The van der Waals surface area contributed by atoms with E-state index in [-0.39, 0.29) is 35.0 Å². The largest absolute Gasteiger partial charge is 0.517 e. The van der Waals surface area contributed by atoms with Crippen molar-refractivity contribution >= 4 is 32.3 Å². The Morgan fingerprint density at radius 1 is 0.765 bits per heavy atom. The number of aryl methyl sites for hydroxylation is 4. The molecule has 3 N–H and O–H groups in total. The van der Waals surface area contributed by atoms with Crippen LogP contribution in [0, 0.1) is 27.7 Å². The van der Waals surface area contributed by atoms with Crippen LogP contribution in [0.3, 0.4) is 0 Å². The SMILES string of the molecule is CCC(NCCNC(=O)Nc1ccc(C)c(-n2c(=O)n(-c3cc(C)ccc3C)c(=O)n(-c3cc(N=C=O)ccc3C)c2=O)c1)[Si](OC)(OC)OC. The van der Waals surface area contributed by atoms with E-state index >= 15 is 0 Å². The van der Waals surface area contributed by atoms with Crippen LogP contribution in [0.2, 0.25) is 0 Å². The van der Waals surface area contributed by atoms with E-state index in [1.54, 1.807) is 57.2 Å². The van der Waals surface area contributed by atoms with Gasteiger partial charge in [0.05, 0.1) is 28.4 Å². The van der Waals surface area contributed by atoms with Gasteiger partial charge in [-0.1, -0.05) is 31.2 Å². The maximum Gasteiger partial charge on any atom is 0.517 e. The molecule has 0 aliphatic heterocycles. The third-order valence-electron chi connectivity index (χ3n) is 8.56. The van der Waals surface area contributed by atoms with Crippen molar-refractivity contribution in [2.45, 2.75) is 46.7 Å². The fourth-order valence-electron chi connectivity index (χ4n) is 5.81. The molecule has 51 heavy (non-hydrogen) atoms. The van der Waals surface area contributed by atoms with Gasteiger partial charge in [0.15, 0.2) is 0 Å². The van der Waals surface area contributed by atoms with Crippen molar-refractivity contribution in [1.29, 1.82) is 0 Å². The van der Waals surface area contributed by atoms with Gasteiger partial charge < -0.3 is 29.2 Å². The summed E-state index contributed by atoms with van der Waals surface area (Å²) in [5, 5.41) is 8.84. The van der Waals surface area contributed by atoms with Crippen LogP contribution in [-0.2, 0) is 18.1 Å². The lowest BCUT2D eigenvalue weighted by atomic mass is 10.1. The molecule has 0 radical (unpaired) electrons. The molecule has 1 atom stereocenters. The molecule has 1 unspecified atom stereocenters. The minimum atomic E-state index is -2.95. The summed E-state index contributed by atoms with van der Waals surface area (Å²) in [6, 6.07) is 14.1. The van der Waals surface area contributed by atoms with Crippen molar-refractivity contribution in [2.24, 2.45) is 4.99 Å². The zero-order valence-corrected chi connectivity index (χ0v) is 30.9. The van der Waals surface area contributed by atoms with Crippen LogP contribution in [-0.4, -0.2) is 74.7 Å². The number of aromatic nitrogens is 3. The van der Waals surface area contributed by atoms with E-state index in [4.69, 9.17) is 13.3 Å². The molecule has 15 nitrogen and oxygen atoms in total. The van der Waals surface area contributed by atoms with Gasteiger partial charge in [-0.15, -0.1) is 0 Å². The molecule has 0 saturated heterocycles. The molecular weight excluding hydrogens is 675 g/mol. The fraction of sp³-hybridized carbons (Fsp3) is 0.343. The van der Waals surface area contributed by atoms with Gasteiger partial charge in [-0.3, -0.25) is 0 Å². The molecule has 3 aromatic carbocycles. The van der Waals surface area contributed by atoms with Gasteiger partial charge in [-0.05, 0) is 86.7 Å². The predicted octanol–water partition coefficient (Wildman–Crippen LogP) is 3.25. The highest BCUT2D eigenvalue weighted by Gasteiger charge is 2.46. The average molecular weight is 718 g/mol.